The van der Waals surface area contributed by atoms with E-state index in [9.17, 15) is 14.4 Å². The fourth-order valence-corrected chi connectivity index (χ4v) is 1.65. The number of amides is 1. The molecule has 0 unspecified atom stereocenters. The van der Waals surface area contributed by atoms with Crippen LogP contribution < -0.4 is 5.32 Å². The Balaban J connectivity index is 2.95. The van der Waals surface area contributed by atoms with Crippen LogP contribution in [-0.4, -0.2) is 32.1 Å². The van der Waals surface area contributed by atoms with Gasteiger partial charge in [-0.3, -0.25) is 9.59 Å². The van der Waals surface area contributed by atoms with Crippen molar-refractivity contribution in [3.8, 4) is 11.8 Å². The van der Waals surface area contributed by atoms with E-state index in [4.69, 9.17) is 0 Å². The van der Waals surface area contributed by atoms with Gasteiger partial charge in [0.1, 0.15) is 6.42 Å². The van der Waals surface area contributed by atoms with Crippen molar-refractivity contribution in [1.82, 2.24) is 0 Å². The second kappa shape index (κ2) is 8.47. The molecular weight excluding hydrogens is 286 g/mol. The van der Waals surface area contributed by atoms with E-state index < -0.39 is 11.9 Å². The van der Waals surface area contributed by atoms with Gasteiger partial charge in [-0.15, -0.1) is 0 Å². The molecular formula is C16H17NO5. The maximum absolute atomic E-state index is 11.5. The number of carbonyl (C=O) groups is 3. The lowest BCUT2D eigenvalue weighted by atomic mass is 10.1. The van der Waals surface area contributed by atoms with Gasteiger partial charge in [0.15, 0.2) is 0 Å². The average molecular weight is 303 g/mol. The van der Waals surface area contributed by atoms with Crippen LogP contribution in [-0.2, 0) is 25.5 Å². The van der Waals surface area contributed by atoms with Crippen molar-refractivity contribution in [3.05, 3.63) is 29.3 Å². The number of nitrogens with one attached hydrogen (secondary N) is 1. The van der Waals surface area contributed by atoms with Gasteiger partial charge in [-0.2, -0.15) is 0 Å². The van der Waals surface area contributed by atoms with Gasteiger partial charge in [-0.25, -0.2) is 4.79 Å². The first-order valence-electron chi connectivity index (χ1n) is 6.49. The zero-order valence-electron chi connectivity index (χ0n) is 12.7. The van der Waals surface area contributed by atoms with E-state index in [0.717, 1.165) is 5.56 Å². The highest BCUT2D eigenvalue weighted by Crippen LogP contribution is 2.19. The number of hydrogen-bond acceptors (Lipinski definition) is 5. The summed E-state index contributed by atoms with van der Waals surface area (Å²) in [6.45, 7) is 1.37. The third kappa shape index (κ3) is 5.29. The Morgan fingerprint density at radius 2 is 1.86 bits per heavy atom. The third-order valence-corrected chi connectivity index (χ3v) is 2.71. The van der Waals surface area contributed by atoms with Crippen molar-refractivity contribution in [1.29, 1.82) is 0 Å². The predicted octanol–water partition coefficient (Wildman–Crippen LogP) is 1.54. The summed E-state index contributed by atoms with van der Waals surface area (Å²) in [6, 6.07) is 4.81. The van der Waals surface area contributed by atoms with Crippen molar-refractivity contribution >= 4 is 23.5 Å². The molecule has 0 saturated carbocycles. The highest BCUT2D eigenvalue weighted by Gasteiger charge is 2.10. The molecule has 0 aliphatic carbocycles. The fourth-order valence-electron chi connectivity index (χ4n) is 1.65. The Labute approximate surface area is 128 Å². The predicted molar refractivity (Wildman–Crippen MR) is 80.2 cm³/mol. The van der Waals surface area contributed by atoms with Gasteiger partial charge in [0.05, 0.1) is 19.8 Å². The van der Waals surface area contributed by atoms with Crippen LogP contribution in [0.3, 0.4) is 0 Å². The summed E-state index contributed by atoms with van der Waals surface area (Å²) in [5.74, 6) is 4.35. The topological polar surface area (TPSA) is 81.7 Å². The molecule has 1 amide bonds. The van der Waals surface area contributed by atoms with Gasteiger partial charge in [0.25, 0.3) is 0 Å². The van der Waals surface area contributed by atoms with Gasteiger partial charge in [-0.05, 0) is 17.7 Å². The van der Waals surface area contributed by atoms with Crippen LogP contribution in [0, 0.1) is 11.8 Å². The minimum atomic E-state index is -0.491. The molecule has 22 heavy (non-hydrogen) atoms. The van der Waals surface area contributed by atoms with Crippen molar-refractivity contribution in [3.63, 3.8) is 0 Å². The van der Waals surface area contributed by atoms with Gasteiger partial charge >= 0.3 is 11.9 Å². The minimum absolute atomic E-state index is 0.00617. The van der Waals surface area contributed by atoms with E-state index in [2.05, 4.69) is 26.6 Å². The van der Waals surface area contributed by atoms with E-state index in [-0.39, 0.29) is 12.3 Å². The molecule has 0 radical (unpaired) electrons. The average Bonchev–Trinajstić information content (AvgIpc) is 2.50. The van der Waals surface area contributed by atoms with Crippen molar-refractivity contribution in [2.45, 2.75) is 19.8 Å². The first-order chi connectivity index (χ1) is 10.5. The number of benzene rings is 1. The molecule has 0 bridgehead atoms. The van der Waals surface area contributed by atoms with Crippen LogP contribution in [0.2, 0.25) is 0 Å². The summed E-state index contributed by atoms with van der Waals surface area (Å²) in [6.07, 6.45) is 0.334. The zero-order valence-corrected chi connectivity index (χ0v) is 12.7. The molecule has 1 aromatic rings. The normalized spacial score (nSPS) is 9.23. The Bertz CT molecular complexity index is 640. The Morgan fingerprint density at radius 3 is 2.45 bits per heavy atom. The molecule has 1 aromatic carbocycles. The van der Waals surface area contributed by atoms with E-state index in [1.54, 1.807) is 12.1 Å². The van der Waals surface area contributed by atoms with Crippen molar-refractivity contribution < 1.29 is 23.9 Å². The Morgan fingerprint density at radius 1 is 1.14 bits per heavy atom. The van der Waals surface area contributed by atoms with Gasteiger partial charge < -0.3 is 14.8 Å². The van der Waals surface area contributed by atoms with E-state index in [1.807, 2.05) is 0 Å². The summed E-state index contributed by atoms with van der Waals surface area (Å²) in [5, 5.41) is 2.65. The Hall–Kier alpha value is -2.81. The van der Waals surface area contributed by atoms with Crippen LogP contribution >= 0.6 is 0 Å². The molecule has 0 saturated heterocycles. The molecule has 6 heteroatoms. The molecule has 0 fully saturated rings. The van der Waals surface area contributed by atoms with Crippen LogP contribution in [0.15, 0.2) is 18.2 Å². The smallest absolute Gasteiger partial charge is 0.337 e. The Kier molecular flexibility index (Phi) is 6.64. The summed E-state index contributed by atoms with van der Waals surface area (Å²) in [7, 11) is 2.58. The summed E-state index contributed by atoms with van der Waals surface area (Å²) in [5.41, 5.74) is 1.56. The van der Waals surface area contributed by atoms with Crippen molar-refractivity contribution in [2.75, 3.05) is 19.5 Å². The standard InChI is InChI=1S/C16H17NO5/c1-11(18)17-14-10-13(16(20)22-3)9-8-12(14)6-4-5-7-15(19)21-2/h8-10H,6-7H2,1-3H3,(H,17,18). The quantitative estimate of drug-likeness (QED) is 0.674. The summed E-state index contributed by atoms with van der Waals surface area (Å²) >= 11 is 0. The highest BCUT2D eigenvalue weighted by atomic mass is 16.5. The van der Waals surface area contributed by atoms with Crippen LogP contribution in [0.4, 0.5) is 5.69 Å². The molecule has 0 aliphatic rings. The molecule has 0 spiro atoms. The zero-order chi connectivity index (χ0) is 16.5. The van der Waals surface area contributed by atoms with Crippen LogP contribution in [0.5, 0.6) is 0 Å². The number of anilines is 1. The molecule has 0 aromatic heterocycles. The number of ether oxygens (including phenoxy) is 2. The first kappa shape index (κ1) is 17.2. The van der Waals surface area contributed by atoms with Crippen LogP contribution in [0.25, 0.3) is 0 Å². The van der Waals surface area contributed by atoms with Crippen LogP contribution in [0.1, 0.15) is 29.3 Å². The van der Waals surface area contributed by atoms with Gasteiger partial charge in [0.2, 0.25) is 5.91 Å². The van der Waals surface area contributed by atoms with Crippen molar-refractivity contribution in [2.24, 2.45) is 0 Å². The molecule has 6 nitrogen and oxygen atoms in total. The second-order valence-corrected chi connectivity index (χ2v) is 4.33. The number of carbonyl (C=O) groups excluding carboxylic acids is 3. The maximum Gasteiger partial charge on any atom is 0.337 e. The molecule has 0 atom stereocenters. The van der Waals surface area contributed by atoms with Gasteiger partial charge in [0, 0.05) is 19.0 Å². The monoisotopic (exact) mass is 303 g/mol. The number of methoxy groups -OCH3 is 2. The lowest BCUT2D eigenvalue weighted by Crippen LogP contribution is -2.10. The molecule has 1 N–H and O–H groups in total. The SMILES string of the molecule is COC(=O)CC#CCc1ccc(C(=O)OC)cc1NC(C)=O. The van der Waals surface area contributed by atoms with E-state index in [1.165, 1.54) is 27.2 Å². The lowest BCUT2D eigenvalue weighted by Gasteiger charge is -2.09. The number of hydrogen-bond donors (Lipinski definition) is 1. The third-order valence-electron chi connectivity index (χ3n) is 2.71. The summed E-state index contributed by atoms with van der Waals surface area (Å²) in [4.78, 5) is 33.7. The number of rotatable bonds is 4. The molecule has 0 heterocycles. The fraction of sp³-hybridized carbons (Fsp3) is 0.312. The molecule has 116 valence electrons. The highest BCUT2D eigenvalue weighted by molar-refractivity contribution is 5.94. The summed E-state index contributed by atoms with van der Waals surface area (Å²) < 4.78 is 9.13. The molecule has 0 aliphatic heterocycles. The lowest BCUT2D eigenvalue weighted by molar-refractivity contribution is -0.139. The molecule has 1 rings (SSSR count). The minimum Gasteiger partial charge on any atom is -0.468 e. The van der Waals surface area contributed by atoms with Gasteiger partial charge in [-0.1, -0.05) is 17.9 Å². The number of esters is 2. The largest absolute Gasteiger partial charge is 0.468 e. The maximum atomic E-state index is 11.5. The van der Waals surface area contributed by atoms with E-state index >= 15 is 0 Å². The van der Waals surface area contributed by atoms with E-state index in [0.29, 0.717) is 17.7 Å². The second-order valence-electron chi connectivity index (χ2n) is 4.33. The first-order valence-corrected chi connectivity index (χ1v) is 6.49.